The Morgan fingerprint density at radius 1 is 1.04 bits per heavy atom. The molecule has 3 aromatic rings. The molecule has 2 aromatic carbocycles. The van der Waals surface area contributed by atoms with Crippen molar-refractivity contribution < 1.29 is 19.0 Å². The summed E-state index contributed by atoms with van der Waals surface area (Å²) in [5, 5.41) is 4.65. The minimum Gasteiger partial charge on any atom is -0.493 e. The number of Topliss-reactive ketones (excluding diaryl/α,β-unsaturated/α-hetero) is 1. The van der Waals surface area contributed by atoms with Crippen LogP contribution in [0, 0.1) is 0 Å². The molecule has 1 saturated heterocycles. The second-order valence-electron chi connectivity index (χ2n) is 6.52. The standard InChI is InChI=1S/C21H22N2O4S/c1-25-17-9-13(10-18(26-2)20(17)27-3)19(24)16-11-28-21(23-16)15-8-12-6-4-5-7-14(12)22-15/h4-10,16,21-23H,11H2,1-3H3. The molecule has 2 unspecified atom stereocenters. The number of rotatable bonds is 6. The molecule has 0 radical (unpaired) electrons. The number of hydrogen-bond donors (Lipinski definition) is 2. The van der Waals surface area contributed by atoms with Crippen molar-refractivity contribution in [2.45, 2.75) is 11.4 Å². The molecule has 1 aromatic heterocycles. The van der Waals surface area contributed by atoms with Crippen molar-refractivity contribution in [3.05, 3.63) is 53.7 Å². The first-order valence-corrected chi connectivity index (χ1v) is 9.99. The molecule has 0 amide bonds. The van der Waals surface area contributed by atoms with E-state index in [0.29, 0.717) is 28.6 Å². The zero-order valence-electron chi connectivity index (χ0n) is 15.9. The second-order valence-corrected chi connectivity index (χ2v) is 7.66. The summed E-state index contributed by atoms with van der Waals surface area (Å²) in [7, 11) is 4.63. The summed E-state index contributed by atoms with van der Waals surface area (Å²) in [4.78, 5) is 16.5. The topological polar surface area (TPSA) is 72.6 Å². The number of H-pyrrole nitrogens is 1. The van der Waals surface area contributed by atoms with Gasteiger partial charge in [0.1, 0.15) is 0 Å². The molecular formula is C21H22N2O4S. The molecule has 7 heteroatoms. The fourth-order valence-corrected chi connectivity index (χ4v) is 4.66. The van der Waals surface area contributed by atoms with E-state index < -0.39 is 0 Å². The largest absolute Gasteiger partial charge is 0.493 e. The number of aromatic nitrogens is 1. The highest BCUT2D eigenvalue weighted by Crippen LogP contribution is 2.40. The highest BCUT2D eigenvalue weighted by atomic mass is 32.2. The minimum atomic E-state index is -0.288. The van der Waals surface area contributed by atoms with Gasteiger partial charge in [-0.05, 0) is 29.7 Å². The van der Waals surface area contributed by atoms with Crippen LogP contribution in [0.1, 0.15) is 21.4 Å². The normalized spacial score (nSPS) is 19.0. The maximum absolute atomic E-state index is 13.1. The van der Waals surface area contributed by atoms with E-state index >= 15 is 0 Å². The van der Waals surface area contributed by atoms with Crippen molar-refractivity contribution in [1.82, 2.24) is 10.3 Å². The van der Waals surface area contributed by atoms with E-state index in [1.807, 2.05) is 12.1 Å². The van der Waals surface area contributed by atoms with Gasteiger partial charge in [0.05, 0.1) is 32.7 Å². The molecule has 2 N–H and O–H groups in total. The van der Waals surface area contributed by atoms with Crippen LogP contribution in [0.2, 0.25) is 0 Å². The van der Waals surface area contributed by atoms with Gasteiger partial charge in [-0.1, -0.05) is 18.2 Å². The van der Waals surface area contributed by atoms with E-state index in [1.165, 1.54) is 5.39 Å². The van der Waals surface area contributed by atoms with Crippen LogP contribution in [0.5, 0.6) is 17.2 Å². The van der Waals surface area contributed by atoms with Gasteiger partial charge in [-0.2, -0.15) is 0 Å². The number of ether oxygens (including phenoxy) is 3. The van der Waals surface area contributed by atoms with Gasteiger partial charge in [0, 0.05) is 22.5 Å². The first-order valence-electron chi connectivity index (χ1n) is 8.94. The quantitative estimate of drug-likeness (QED) is 0.616. The molecule has 0 saturated carbocycles. The van der Waals surface area contributed by atoms with Crippen LogP contribution in [0.3, 0.4) is 0 Å². The van der Waals surface area contributed by atoms with Crippen molar-refractivity contribution >= 4 is 28.4 Å². The third-order valence-electron chi connectivity index (χ3n) is 4.88. The van der Waals surface area contributed by atoms with Crippen molar-refractivity contribution in [2.75, 3.05) is 27.1 Å². The number of thioether (sulfide) groups is 1. The van der Waals surface area contributed by atoms with Crippen LogP contribution < -0.4 is 19.5 Å². The van der Waals surface area contributed by atoms with E-state index in [0.717, 1.165) is 11.2 Å². The molecular weight excluding hydrogens is 376 g/mol. The fraction of sp³-hybridized carbons (Fsp3) is 0.286. The van der Waals surface area contributed by atoms with Crippen LogP contribution in [0.15, 0.2) is 42.5 Å². The fourth-order valence-electron chi connectivity index (χ4n) is 3.46. The number of ketones is 1. The number of benzene rings is 2. The Balaban J connectivity index is 1.56. The smallest absolute Gasteiger partial charge is 0.203 e. The molecule has 1 aliphatic rings. The Hall–Kier alpha value is -2.64. The summed E-state index contributed by atoms with van der Waals surface area (Å²) in [5.41, 5.74) is 2.70. The lowest BCUT2D eigenvalue weighted by Gasteiger charge is -2.16. The number of hydrogen-bond acceptors (Lipinski definition) is 6. The molecule has 28 heavy (non-hydrogen) atoms. The van der Waals surface area contributed by atoms with Gasteiger partial charge < -0.3 is 19.2 Å². The van der Waals surface area contributed by atoms with Crippen LogP contribution in [-0.2, 0) is 0 Å². The molecule has 0 bridgehead atoms. The molecule has 6 nitrogen and oxygen atoms in total. The number of nitrogens with one attached hydrogen (secondary N) is 2. The molecule has 2 atom stereocenters. The van der Waals surface area contributed by atoms with Crippen molar-refractivity contribution in [3.63, 3.8) is 0 Å². The molecule has 0 spiro atoms. The predicted octanol–water partition coefficient (Wildman–Crippen LogP) is 3.78. The summed E-state index contributed by atoms with van der Waals surface area (Å²) in [6, 6.07) is 13.4. The van der Waals surface area contributed by atoms with E-state index in [1.54, 1.807) is 45.2 Å². The summed E-state index contributed by atoms with van der Waals surface area (Å²) < 4.78 is 16.1. The SMILES string of the molecule is COc1cc(C(=O)C2CSC(c3cc4ccccc4[nH]3)N2)cc(OC)c1OC. The third kappa shape index (κ3) is 3.31. The molecule has 4 rings (SSSR count). The Morgan fingerprint density at radius 3 is 2.39 bits per heavy atom. The van der Waals surface area contributed by atoms with Gasteiger partial charge in [0.25, 0.3) is 0 Å². The zero-order valence-corrected chi connectivity index (χ0v) is 16.8. The number of carbonyl (C=O) groups is 1. The van der Waals surface area contributed by atoms with Gasteiger partial charge in [0.2, 0.25) is 5.75 Å². The maximum atomic E-state index is 13.1. The summed E-state index contributed by atoms with van der Waals surface area (Å²) >= 11 is 1.72. The lowest BCUT2D eigenvalue weighted by molar-refractivity contribution is 0.0955. The Morgan fingerprint density at radius 2 is 1.75 bits per heavy atom. The second kappa shape index (κ2) is 7.77. The number of carbonyl (C=O) groups excluding carboxylic acids is 1. The van der Waals surface area contributed by atoms with Crippen LogP contribution >= 0.6 is 11.8 Å². The van der Waals surface area contributed by atoms with Crippen molar-refractivity contribution in [3.8, 4) is 17.2 Å². The van der Waals surface area contributed by atoms with Gasteiger partial charge in [-0.25, -0.2) is 0 Å². The first-order chi connectivity index (χ1) is 13.6. The lowest BCUT2D eigenvalue weighted by atomic mass is 10.0. The van der Waals surface area contributed by atoms with E-state index in [-0.39, 0.29) is 17.2 Å². The summed E-state index contributed by atoms with van der Waals surface area (Å²) in [5.74, 6) is 2.12. The number of para-hydroxylation sites is 1. The Kier molecular flexibility index (Phi) is 5.19. The van der Waals surface area contributed by atoms with Gasteiger partial charge in [-0.3, -0.25) is 10.1 Å². The molecule has 146 valence electrons. The van der Waals surface area contributed by atoms with Crippen molar-refractivity contribution in [1.29, 1.82) is 0 Å². The highest BCUT2D eigenvalue weighted by Gasteiger charge is 2.32. The maximum Gasteiger partial charge on any atom is 0.203 e. The average Bonchev–Trinajstić information content (AvgIpc) is 3.38. The van der Waals surface area contributed by atoms with Gasteiger partial charge in [0.15, 0.2) is 17.3 Å². The number of fused-ring (bicyclic) bond motifs is 1. The zero-order chi connectivity index (χ0) is 19.7. The summed E-state index contributed by atoms with van der Waals surface area (Å²) in [6.45, 7) is 0. The van der Waals surface area contributed by atoms with E-state index in [4.69, 9.17) is 14.2 Å². The Labute approximate surface area is 167 Å². The third-order valence-corrected chi connectivity index (χ3v) is 6.13. The van der Waals surface area contributed by atoms with Crippen LogP contribution in [-0.4, -0.2) is 43.9 Å². The van der Waals surface area contributed by atoms with Crippen LogP contribution in [0.4, 0.5) is 0 Å². The highest BCUT2D eigenvalue weighted by molar-refractivity contribution is 7.99. The monoisotopic (exact) mass is 398 g/mol. The molecule has 2 heterocycles. The predicted molar refractivity (Wildman–Crippen MR) is 111 cm³/mol. The average molecular weight is 398 g/mol. The first kappa shape index (κ1) is 18.7. The minimum absolute atomic E-state index is 0.00497. The molecule has 0 aliphatic carbocycles. The number of methoxy groups -OCH3 is 3. The lowest BCUT2D eigenvalue weighted by Crippen LogP contribution is -2.34. The summed E-state index contributed by atoms with van der Waals surface area (Å²) in [6.07, 6.45) is 0. The van der Waals surface area contributed by atoms with Gasteiger partial charge >= 0.3 is 0 Å². The van der Waals surface area contributed by atoms with Gasteiger partial charge in [-0.15, -0.1) is 11.8 Å². The molecule has 1 fully saturated rings. The Bertz CT molecular complexity index is 959. The van der Waals surface area contributed by atoms with E-state index in [2.05, 4.69) is 28.5 Å². The number of aromatic amines is 1. The van der Waals surface area contributed by atoms with Crippen molar-refractivity contribution in [2.24, 2.45) is 0 Å². The molecule has 1 aliphatic heterocycles. The van der Waals surface area contributed by atoms with E-state index in [9.17, 15) is 4.79 Å². The van der Waals surface area contributed by atoms with Crippen LogP contribution in [0.25, 0.3) is 10.9 Å².